The highest BCUT2D eigenvalue weighted by atomic mass is 35.5. The summed E-state index contributed by atoms with van der Waals surface area (Å²) in [6.45, 7) is 5.36. The number of methoxy groups -OCH3 is 1. The van der Waals surface area contributed by atoms with Crippen LogP contribution >= 0.6 is 22.9 Å². The van der Waals surface area contributed by atoms with Gasteiger partial charge >= 0.3 is 0 Å². The van der Waals surface area contributed by atoms with E-state index >= 15 is 0 Å². The minimum Gasteiger partial charge on any atom is -0.383 e. The van der Waals surface area contributed by atoms with E-state index in [4.69, 9.17) is 16.3 Å². The molecule has 5 heteroatoms. The number of nitrogens with zero attached hydrogens (tertiary/aromatic N) is 2. The standard InChI is InChI=1S/C15H25ClN2OS/c1-12(13-5-6-13)18(8-9-19-2)7-3-4-15-17-14(10-16)11-20-15/h11-13H,3-10H2,1-2H3. The number of ether oxygens (including phenoxy) is 1. The van der Waals surface area contributed by atoms with E-state index in [1.54, 1.807) is 18.4 Å². The molecule has 1 saturated carbocycles. The Morgan fingerprint density at radius 3 is 2.90 bits per heavy atom. The molecule has 0 bridgehead atoms. The first-order chi connectivity index (χ1) is 9.74. The predicted octanol–water partition coefficient (Wildman–Crippen LogP) is 3.56. The van der Waals surface area contributed by atoms with Gasteiger partial charge in [0.15, 0.2) is 0 Å². The van der Waals surface area contributed by atoms with Gasteiger partial charge in [-0.05, 0) is 38.6 Å². The van der Waals surface area contributed by atoms with Crippen LogP contribution in [0.15, 0.2) is 5.38 Å². The van der Waals surface area contributed by atoms with E-state index in [1.165, 1.54) is 17.8 Å². The van der Waals surface area contributed by atoms with E-state index < -0.39 is 0 Å². The Morgan fingerprint density at radius 2 is 2.30 bits per heavy atom. The third-order valence-corrected chi connectivity index (χ3v) is 5.27. The van der Waals surface area contributed by atoms with Gasteiger partial charge in [0.25, 0.3) is 0 Å². The highest BCUT2D eigenvalue weighted by molar-refractivity contribution is 7.09. The Hall–Kier alpha value is -0.160. The van der Waals surface area contributed by atoms with E-state index in [-0.39, 0.29) is 0 Å². The van der Waals surface area contributed by atoms with E-state index in [0.29, 0.717) is 11.9 Å². The Morgan fingerprint density at radius 1 is 1.50 bits per heavy atom. The zero-order valence-electron chi connectivity index (χ0n) is 12.5. The van der Waals surface area contributed by atoms with Crippen LogP contribution in [0, 0.1) is 5.92 Å². The lowest BCUT2D eigenvalue weighted by molar-refractivity contribution is 0.116. The molecular weight excluding hydrogens is 292 g/mol. The molecule has 0 aromatic carbocycles. The summed E-state index contributed by atoms with van der Waals surface area (Å²) in [5.41, 5.74) is 1.01. The Bertz CT molecular complexity index is 395. The minimum atomic E-state index is 0.523. The van der Waals surface area contributed by atoms with Gasteiger partial charge in [-0.1, -0.05) is 0 Å². The number of aromatic nitrogens is 1. The van der Waals surface area contributed by atoms with E-state index in [9.17, 15) is 0 Å². The highest BCUT2D eigenvalue weighted by Gasteiger charge is 2.31. The van der Waals surface area contributed by atoms with Crippen LogP contribution in [-0.4, -0.2) is 42.7 Å². The fraction of sp³-hybridized carbons (Fsp3) is 0.800. The van der Waals surface area contributed by atoms with Crippen molar-refractivity contribution >= 4 is 22.9 Å². The van der Waals surface area contributed by atoms with Gasteiger partial charge in [0.1, 0.15) is 0 Å². The van der Waals surface area contributed by atoms with E-state index in [0.717, 1.165) is 44.1 Å². The zero-order chi connectivity index (χ0) is 14.4. The first kappa shape index (κ1) is 16.2. The Balaban J connectivity index is 1.75. The molecule has 114 valence electrons. The van der Waals surface area contributed by atoms with Crippen LogP contribution in [-0.2, 0) is 17.0 Å². The van der Waals surface area contributed by atoms with Crippen molar-refractivity contribution in [1.82, 2.24) is 9.88 Å². The SMILES string of the molecule is COCCN(CCCc1nc(CCl)cs1)C(C)C1CC1. The van der Waals surface area contributed by atoms with E-state index in [1.807, 2.05) is 0 Å². The topological polar surface area (TPSA) is 25.4 Å². The van der Waals surface area contributed by atoms with Crippen LogP contribution in [0.2, 0.25) is 0 Å². The largest absolute Gasteiger partial charge is 0.383 e. The third kappa shape index (κ3) is 4.99. The molecule has 1 unspecified atom stereocenters. The van der Waals surface area contributed by atoms with Gasteiger partial charge < -0.3 is 4.74 Å². The van der Waals surface area contributed by atoms with Crippen LogP contribution in [0.5, 0.6) is 0 Å². The zero-order valence-corrected chi connectivity index (χ0v) is 14.1. The third-order valence-electron chi connectivity index (χ3n) is 4.04. The maximum atomic E-state index is 5.79. The number of rotatable bonds is 10. The van der Waals surface area contributed by atoms with Gasteiger partial charge in [0.05, 0.1) is 23.2 Å². The fourth-order valence-electron chi connectivity index (χ4n) is 2.56. The van der Waals surface area contributed by atoms with Crippen LogP contribution in [0.25, 0.3) is 0 Å². The van der Waals surface area contributed by atoms with Gasteiger partial charge in [-0.15, -0.1) is 22.9 Å². The fourth-order valence-corrected chi connectivity index (χ4v) is 3.63. The number of alkyl halides is 1. The minimum absolute atomic E-state index is 0.523. The summed E-state index contributed by atoms with van der Waals surface area (Å²) in [5, 5.41) is 3.28. The lowest BCUT2D eigenvalue weighted by Crippen LogP contribution is -2.38. The quantitative estimate of drug-likeness (QED) is 0.617. The summed E-state index contributed by atoms with van der Waals surface area (Å²) in [7, 11) is 1.78. The van der Waals surface area contributed by atoms with Crippen LogP contribution < -0.4 is 0 Å². The molecule has 1 aromatic rings. The first-order valence-electron chi connectivity index (χ1n) is 7.46. The van der Waals surface area contributed by atoms with Crippen LogP contribution in [0.4, 0.5) is 0 Å². The van der Waals surface area contributed by atoms with Crippen molar-refractivity contribution in [2.45, 2.75) is 44.5 Å². The average molecular weight is 317 g/mol. The Labute approximate surface area is 131 Å². The molecule has 3 nitrogen and oxygen atoms in total. The normalized spacial score (nSPS) is 16.8. The van der Waals surface area contributed by atoms with Gasteiger partial charge in [0.2, 0.25) is 0 Å². The predicted molar refractivity (Wildman–Crippen MR) is 85.6 cm³/mol. The average Bonchev–Trinajstić information content (AvgIpc) is 3.21. The molecule has 0 N–H and O–H groups in total. The maximum absolute atomic E-state index is 5.79. The van der Waals surface area contributed by atoms with Crippen LogP contribution in [0.1, 0.15) is 36.9 Å². The van der Waals surface area contributed by atoms with Gasteiger partial charge in [0, 0.05) is 31.5 Å². The van der Waals surface area contributed by atoms with Crippen molar-refractivity contribution in [1.29, 1.82) is 0 Å². The molecule has 0 radical (unpaired) electrons. The lowest BCUT2D eigenvalue weighted by Gasteiger charge is -2.28. The number of aryl methyl sites for hydroxylation is 1. The summed E-state index contributed by atoms with van der Waals surface area (Å²) >= 11 is 7.52. The van der Waals surface area contributed by atoms with Crippen molar-refractivity contribution in [3.63, 3.8) is 0 Å². The van der Waals surface area contributed by atoms with Crippen molar-refractivity contribution < 1.29 is 4.74 Å². The summed E-state index contributed by atoms with van der Waals surface area (Å²) < 4.78 is 5.24. The molecule has 1 aromatic heterocycles. The number of thiazole rings is 1. The second kappa shape index (κ2) is 8.32. The molecule has 0 amide bonds. The summed E-state index contributed by atoms with van der Waals surface area (Å²) in [6.07, 6.45) is 5.02. The molecule has 1 aliphatic carbocycles. The Kier molecular flexibility index (Phi) is 6.75. The van der Waals surface area contributed by atoms with Gasteiger partial charge in [-0.25, -0.2) is 4.98 Å². The smallest absolute Gasteiger partial charge is 0.0929 e. The molecule has 1 fully saturated rings. The molecule has 20 heavy (non-hydrogen) atoms. The summed E-state index contributed by atoms with van der Waals surface area (Å²) in [4.78, 5) is 7.10. The first-order valence-corrected chi connectivity index (χ1v) is 8.88. The molecule has 1 atom stereocenters. The van der Waals surface area contributed by atoms with Crippen molar-refractivity contribution in [2.24, 2.45) is 5.92 Å². The summed E-state index contributed by atoms with van der Waals surface area (Å²) in [5.74, 6) is 1.43. The van der Waals surface area contributed by atoms with Crippen molar-refractivity contribution in [3.05, 3.63) is 16.1 Å². The summed E-state index contributed by atoms with van der Waals surface area (Å²) in [6, 6.07) is 0.694. The lowest BCUT2D eigenvalue weighted by atomic mass is 10.1. The molecule has 0 saturated heterocycles. The molecule has 0 aliphatic heterocycles. The van der Waals surface area contributed by atoms with Gasteiger partial charge in [-0.3, -0.25) is 4.90 Å². The van der Waals surface area contributed by atoms with Crippen LogP contribution in [0.3, 0.4) is 0 Å². The van der Waals surface area contributed by atoms with E-state index in [2.05, 4.69) is 22.2 Å². The molecule has 2 rings (SSSR count). The van der Waals surface area contributed by atoms with Crippen molar-refractivity contribution in [3.8, 4) is 0 Å². The second-order valence-corrected chi connectivity index (χ2v) is 6.79. The monoisotopic (exact) mass is 316 g/mol. The number of halogens is 1. The van der Waals surface area contributed by atoms with Crippen molar-refractivity contribution in [2.75, 3.05) is 26.8 Å². The second-order valence-electron chi connectivity index (χ2n) is 5.58. The molecule has 1 heterocycles. The van der Waals surface area contributed by atoms with Gasteiger partial charge in [-0.2, -0.15) is 0 Å². The maximum Gasteiger partial charge on any atom is 0.0929 e. The number of hydrogen-bond acceptors (Lipinski definition) is 4. The highest BCUT2D eigenvalue weighted by Crippen LogP contribution is 2.35. The molecule has 0 spiro atoms. The molecular formula is C15H25ClN2OS. The number of hydrogen-bond donors (Lipinski definition) is 0. The molecule has 1 aliphatic rings.